The molecule has 1 fully saturated rings. The van der Waals surface area contributed by atoms with E-state index in [2.05, 4.69) is 0 Å². The largest absolute Gasteiger partial charge is 0.461 e. The molecule has 0 spiro atoms. The molecule has 1 aromatic heterocycles. The fourth-order valence-corrected chi connectivity index (χ4v) is 3.56. The maximum atomic E-state index is 10.3. The number of fused-ring (bicyclic) bond motifs is 1. The molecule has 5 atom stereocenters. The minimum Gasteiger partial charge on any atom is -0.461 e. The number of hydrogen-bond donors (Lipinski definition) is 4. The van der Waals surface area contributed by atoms with Gasteiger partial charge < -0.3 is 29.6 Å². The normalized spacial score (nSPS) is 28.5. The molecular weight excluding hydrogens is 348 g/mol. The number of rotatable bonds is 4. The third-order valence-electron chi connectivity index (χ3n) is 5.03. The lowest BCUT2D eigenvalue weighted by Crippen LogP contribution is -2.55. The molecule has 0 radical (unpaired) electrons. The molecule has 1 aliphatic rings. The summed E-state index contributed by atoms with van der Waals surface area (Å²) in [6, 6.07) is 17.3. The van der Waals surface area contributed by atoms with Crippen molar-refractivity contribution in [3.05, 3.63) is 71.5 Å². The molecule has 4 N–H and O–H groups in total. The van der Waals surface area contributed by atoms with Crippen LogP contribution >= 0.6 is 0 Å². The molecule has 1 saturated heterocycles. The van der Waals surface area contributed by atoms with Gasteiger partial charge in [-0.1, -0.05) is 36.4 Å². The Bertz CT molecular complexity index is 903. The van der Waals surface area contributed by atoms with E-state index >= 15 is 0 Å². The number of hydrogen-bond acceptors (Lipinski definition) is 6. The highest BCUT2D eigenvalue weighted by molar-refractivity contribution is 5.79. The van der Waals surface area contributed by atoms with Gasteiger partial charge in [-0.3, -0.25) is 0 Å². The second kappa shape index (κ2) is 7.42. The molecule has 0 amide bonds. The van der Waals surface area contributed by atoms with E-state index in [0.29, 0.717) is 17.6 Å². The Morgan fingerprint density at radius 2 is 1.63 bits per heavy atom. The van der Waals surface area contributed by atoms with Crippen molar-refractivity contribution < 1.29 is 29.6 Å². The van der Waals surface area contributed by atoms with E-state index in [4.69, 9.17) is 9.15 Å². The average Bonchev–Trinajstić information content (AvgIpc) is 3.08. The van der Waals surface area contributed by atoms with Crippen LogP contribution in [0.4, 0.5) is 0 Å². The summed E-state index contributed by atoms with van der Waals surface area (Å²) in [6.45, 7) is -0.448. The van der Waals surface area contributed by atoms with Crippen molar-refractivity contribution in [2.75, 3.05) is 6.61 Å². The molecule has 6 heteroatoms. The third-order valence-corrected chi connectivity index (χ3v) is 5.03. The molecule has 142 valence electrons. The van der Waals surface area contributed by atoms with Crippen LogP contribution in [0.3, 0.4) is 0 Å². The van der Waals surface area contributed by atoms with Gasteiger partial charge in [0.25, 0.3) is 0 Å². The maximum Gasteiger partial charge on any atom is 0.134 e. The molecule has 0 aliphatic carbocycles. The lowest BCUT2D eigenvalue weighted by molar-refractivity contribution is -0.231. The molecule has 4 rings (SSSR count). The zero-order chi connectivity index (χ0) is 19.0. The van der Waals surface area contributed by atoms with Crippen LogP contribution in [-0.4, -0.2) is 51.4 Å². The number of furan rings is 1. The van der Waals surface area contributed by atoms with Gasteiger partial charge in [0.15, 0.2) is 0 Å². The Morgan fingerprint density at radius 3 is 2.37 bits per heavy atom. The number of benzene rings is 2. The second-order valence-corrected chi connectivity index (χ2v) is 6.92. The average molecular weight is 370 g/mol. The number of aliphatic hydroxyl groups is 4. The zero-order valence-corrected chi connectivity index (χ0v) is 14.6. The minimum absolute atomic E-state index is 0.448. The Labute approximate surface area is 156 Å². The first kappa shape index (κ1) is 18.2. The van der Waals surface area contributed by atoms with E-state index in [-0.39, 0.29) is 0 Å². The van der Waals surface area contributed by atoms with Gasteiger partial charge in [-0.05, 0) is 29.3 Å². The van der Waals surface area contributed by atoms with Crippen LogP contribution in [0.15, 0.2) is 59.0 Å². The van der Waals surface area contributed by atoms with Crippen LogP contribution in [0, 0.1) is 0 Å². The van der Waals surface area contributed by atoms with Gasteiger partial charge in [-0.15, -0.1) is 0 Å². The second-order valence-electron chi connectivity index (χ2n) is 6.92. The highest BCUT2D eigenvalue weighted by atomic mass is 16.5. The summed E-state index contributed by atoms with van der Waals surface area (Å²) in [5, 5.41) is 40.4. The minimum atomic E-state index is -1.39. The van der Waals surface area contributed by atoms with Crippen molar-refractivity contribution in [1.82, 2.24) is 0 Å². The van der Waals surface area contributed by atoms with Crippen molar-refractivity contribution in [1.29, 1.82) is 0 Å². The fraction of sp³-hybridized carbons (Fsp3) is 0.333. The van der Waals surface area contributed by atoms with E-state index in [1.807, 2.05) is 42.5 Å². The topological polar surface area (TPSA) is 103 Å². The van der Waals surface area contributed by atoms with Gasteiger partial charge in [0, 0.05) is 11.8 Å². The fourth-order valence-electron chi connectivity index (χ4n) is 3.56. The highest BCUT2D eigenvalue weighted by Gasteiger charge is 2.43. The molecule has 2 aromatic carbocycles. The van der Waals surface area contributed by atoms with Crippen molar-refractivity contribution in [3.63, 3.8) is 0 Å². The maximum absolute atomic E-state index is 10.3. The van der Waals surface area contributed by atoms with Crippen LogP contribution in [0.2, 0.25) is 0 Å². The first-order valence-corrected chi connectivity index (χ1v) is 8.93. The van der Waals surface area contributed by atoms with E-state index in [0.717, 1.165) is 16.7 Å². The molecule has 6 nitrogen and oxygen atoms in total. The van der Waals surface area contributed by atoms with Crippen molar-refractivity contribution in [3.8, 4) is 0 Å². The van der Waals surface area contributed by atoms with Gasteiger partial charge in [0.05, 0.1) is 6.61 Å². The standard InChI is InChI=1S/C21H22O6/c22-11-17-18(23)19(24)20(25)21(27-17)13-6-7-16-14(9-13)10-15(26-16)8-12-4-2-1-3-5-12/h1-7,9-10,17-25H,8,11H2/t17-,18-,19?,20-,21+/m1/s1. The third kappa shape index (κ3) is 3.50. The van der Waals surface area contributed by atoms with Gasteiger partial charge in [0.1, 0.15) is 41.9 Å². The molecule has 27 heavy (non-hydrogen) atoms. The Hall–Kier alpha value is -2.22. The van der Waals surface area contributed by atoms with E-state index in [1.54, 1.807) is 12.1 Å². The van der Waals surface area contributed by atoms with Crippen LogP contribution in [0.25, 0.3) is 11.0 Å². The Balaban J connectivity index is 1.61. The summed E-state index contributed by atoms with van der Waals surface area (Å²) in [7, 11) is 0. The quantitative estimate of drug-likeness (QED) is 0.556. The lowest BCUT2D eigenvalue weighted by Gasteiger charge is -2.40. The molecule has 0 bridgehead atoms. The summed E-state index contributed by atoms with van der Waals surface area (Å²) in [6.07, 6.45) is -5.16. The summed E-state index contributed by atoms with van der Waals surface area (Å²) in [5.41, 5.74) is 2.51. The van der Waals surface area contributed by atoms with Crippen LogP contribution in [0.1, 0.15) is 23.0 Å². The van der Waals surface area contributed by atoms with Gasteiger partial charge in [-0.2, -0.15) is 0 Å². The number of ether oxygens (including phenoxy) is 1. The first-order valence-electron chi connectivity index (χ1n) is 8.93. The van der Waals surface area contributed by atoms with Gasteiger partial charge in [-0.25, -0.2) is 0 Å². The van der Waals surface area contributed by atoms with Crippen LogP contribution in [-0.2, 0) is 11.2 Å². The molecule has 2 heterocycles. The summed E-state index contributed by atoms with van der Waals surface area (Å²) in [4.78, 5) is 0. The monoisotopic (exact) mass is 370 g/mol. The zero-order valence-electron chi connectivity index (χ0n) is 14.6. The summed E-state index contributed by atoms with van der Waals surface area (Å²) < 4.78 is 11.5. The lowest BCUT2D eigenvalue weighted by atomic mass is 9.91. The smallest absolute Gasteiger partial charge is 0.134 e. The molecule has 1 aliphatic heterocycles. The Kier molecular flexibility index (Phi) is 4.99. The van der Waals surface area contributed by atoms with Gasteiger partial charge >= 0.3 is 0 Å². The predicted molar refractivity (Wildman–Crippen MR) is 98.2 cm³/mol. The SMILES string of the molecule is OC[C@H]1O[C@@H](c2ccc3oc(Cc4ccccc4)cc3c2)[C@H](O)C(O)[C@@H]1O. The summed E-state index contributed by atoms with van der Waals surface area (Å²) in [5.74, 6) is 0.821. The molecule has 1 unspecified atom stereocenters. The number of aliphatic hydroxyl groups excluding tert-OH is 4. The molecular formula is C21H22O6. The van der Waals surface area contributed by atoms with Crippen LogP contribution < -0.4 is 0 Å². The van der Waals surface area contributed by atoms with Gasteiger partial charge in [0.2, 0.25) is 0 Å². The predicted octanol–water partition coefficient (Wildman–Crippen LogP) is 1.54. The Morgan fingerprint density at radius 1 is 0.852 bits per heavy atom. The first-order chi connectivity index (χ1) is 13.1. The summed E-state index contributed by atoms with van der Waals surface area (Å²) >= 11 is 0. The van der Waals surface area contributed by atoms with Crippen molar-refractivity contribution in [2.45, 2.75) is 36.9 Å². The van der Waals surface area contributed by atoms with E-state index in [1.165, 1.54) is 0 Å². The highest BCUT2D eigenvalue weighted by Crippen LogP contribution is 2.34. The van der Waals surface area contributed by atoms with E-state index < -0.39 is 37.1 Å². The van der Waals surface area contributed by atoms with E-state index in [9.17, 15) is 20.4 Å². The van der Waals surface area contributed by atoms with Crippen molar-refractivity contribution in [2.24, 2.45) is 0 Å². The van der Waals surface area contributed by atoms with Crippen molar-refractivity contribution >= 4 is 11.0 Å². The molecule has 3 aromatic rings. The molecule has 0 saturated carbocycles. The van der Waals surface area contributed by atoms with Crippen LogP contribution in [0.5, 0.6) is 0 Å².